The molecule has 5 N–H and O–H groups in total. The lowest BCUT2D eigenvalue weighted by Gasteiger charge is -1.68. The van der Waals surface area contributed by atoms with Gasteiger partial charge in [0.05, 0.1) is 0 Å². The van der Waals surface area contributed by atoms with E-state index in [1.807, 2.05) is 0 Å². The fourth-order valence-electron chi connectivity index (χ4n) is 0. The summed E-state index contributed by atoms with van der Waals surface area (Å²) in [4.78, 5) is 0. The molecule has 0 atom stereocenters. The lowest BCUT2D eigenvalue weighted by molar-refractivity contribution is 0.886. The molecule has 0 spiro atoms. The molecule has 0 radical (unpaired) electrons. The number of thiol groups is 1. The highest BCUT2D eigenvalue weighted by Crippen LogP contribution is 1.76. The fourth-order valence-corrected chi connectivity index (χ4v) is 0. The van der Waals surface area contributed by atoms with Crippen LogP contribution in [0.3, 0.4) is 0 Å². The summed E-state index contributed by atoms with van der Waals surface area (Å²) in [6.07, 6.45) is 2.64. The number of thiocarbonyl (C=S) groups is 1. The maximum absolute atomic E-state index is 4.71. The van der Waals surface area contributed by atoms with E-state index in [0.29, 0.717) is 0 Å². The van der Waals surface area contributed by atoms with Crippen LogP contribution in [0.5, 0.6) is 0 Å². The Morgan fingerprint density at radius 1 is 1.44 bits per heavy atom. The normalized spacial score (nSPS) is 6.11. The molecular formula is C5H16N2S2. The minimum Gasteiger partial charge on any atom is -0.385 e. The first-order valence-electron chi connectivity index (χ1n) is 2.63. The molecule has 0 aromatic carbocycles. The predicted molar refractivity (Wildman–Crippen MR) is 51.4 cm³/mol. The molecule has 0 aliphatic rings. The highest BCUT2D eigenvalue weighted by atomic mass is 32.1. The van der Waals surface area contributed by atoms with Crippen LogP contribution in [-0.4, -0.2) is 4.32 Å². The Bertz CT molecular complexity index is 50.9. The summed E-state index contributed by atoms with van der Waals surface area (Å²) in [6, 6.07) is 0. The second-order valence-corrected chi connectivity index (χ2v) is 2.56. The van der Waals surface area contributed by atoms with Crippen LogP contribution >= 0.6 is 24.8 Å². The molecule has 0 bridgehead atoms. The molecule has 0 aromatic heterocycles. The van der Waals surface area contributed by atoms with Gasteiger partial charge in [-0.15, -0.1) is 12.6 Å². The summed E-state index contributed by atoms with van der Waals surface area (Å²) in [5.41, 5.74) is 4.71. The van der Waals surface area contributed by atoms with Gasteiger partial charge in [0, 0.05) is 0 Å². The number of hydrogen-bond donors (Lipinski definition) is 3. The quantitative estimate of drug-likeness (QED) is 0.415. The summed E-state index contributed by atoms with van der Waals surface area (Å²) in [7, 11) is 0. The third-order valence-electron chi connectivity index (χ3n) is 0.500. The first-order chi connectivity index (χ1) is 3.65. The number of rotatable bonds is 1. The largest absolute Gasteiger partial charge is 0.385 e. The highest BCUT2D eigenvalue weighted by Gasteiger charge is 1.56. The zero-order valence-electron chi connectivity index (χ0n) is 6.05. The Labute approximate surface area is 68.2 Å². The van der Waals surface area contributed by atoms with E-state index in [-0.39, 0.29) is 10.5 Å². The van der Waals surface area contributed by atoms with E-state index in [2.05, 4.69) is 38.7 Å². The van der Waals surface area contributed by atoms with Gasteiger partial charge in [-0.2, -0.15) is 0 Å². The lowest BCUT2D eigenvalue weighted by Crippen LogP contribution is -1.94. The topological polar surface area (TPSA) is 61.0 Å². The molecule has 0 saturated heterocycles. The van der Waals surface area contributed by atoms with Crippen molar-refractivity contribution in [3.63, 3.8) is 0 Å². The number of hydrogen-bond acceptors (Lipinski definition) is 2. The molecule has 0 unspecified atom stereocenters. The van der Waals surface area contributed by atoms with E-state index in [0.717, 1.165) is 0 Å². The molecule has 0 rings (SSSR count). The molecule has 0 aliphatic heterocycles. The van der Waals surface area contributed by atoms with E-state index in [1.165, 1.54) is 12.8 Å². The lowest BCUT2D eigenvalue weighted by atomic mass is 10.4. The first kappa shape index (κ1) is 16.1. The molecular weight excluding hydrogens is 152 g/mol. The average Bonchev–Trinajstić information content (AvgIpc) is 1.65. The van der Waals surface area contributed by atoms with Crippen molar-refractivity contribution in [3.8, 4) is 0 Å². The van der Waals surface area contributed by atoms with Crippen LogP contribution in [-0.2, 0) is 0 Å². The Morgan fingerprint density at radius 3 is 1.56 bits per heavy atom. The van der Waals surface area contributed by atoms with Crippen LogP contribution in [0.25, 0.3) is 0 Å². The van der Waals surface area contributed by atoms with Crippen LogP contribution in [0.2, 0.25) is 0 Å². The SMILES string of the molecule is CCCC.N.NC(=S)S. The van der Waals surface area contributed by atoms with Gasteiger partial charge in [-0.05, 0) is 0 Å². The molecule has 0 aromatic rings. The van der Waals surface area contributed by atoms with E-state index in [1.54, 1.807) is 0 Å². The average molecular weight is 168 g/mol. The molecule has 0 fully saturated rings. The number of nitrogens with two attached hydrogens (primary N) is 1. The van der Waals surface area contributed by atoms with Gasteiger partial charge in [-0.3, -0.25) is 0 Å². The van der Waals surface area contributed by atoms with Crippen molar-refractivity contribution >= 4 is 29.2 Å². The van der Waals surface area contributed by atoms with Crippen molar-refractivity contribution in [1.82, 2.24) is 6.15 Å². The zero-order chi connectivity index (χ0) is 6.99. The van der Waals surface area contributed by atoms with Crippen LogP contribution < -0.4 is 11.9 Å². The summed E-state index contributed by atoms with van der Waals surface area (Å²) in [5, 5.41) is 0. The molecule has 2 nitrogen and oxygen atoms in total. The van der Waals surface area contributed by atoms with Crippen LogP contribution in [0, 0.1) is 0 Å². The summed E-state index contributed by atoms with van der Waals surface area (Å²) in [6.45, 7) is 4.36. The van der Waals surface area contributed by atoms with Gasteiger partial charge in [0.25, 0.3) is 0 Å². The van der Waals surface area contributed by atoms with Gasteiger partial charge in [-0.25, -0.2) is 0 Å². The summed E-state index contributed by atoms with van der Waals surface area (Å²) in [5.74, 6) is 0. The Morgan fingerprint density at radius 2 is 1.56 bits per heavy atom. The maximum Gasteiger partial charge on any atom is 0.128 e. The molecule has 0 saturated carbocycles. The highest BCUT2D eigenvalue weighted by molar-refractivity contribution is 8.10. The van der Waals surface area contributed by atoms with Gasteiger partial charge in [-0.1, -0.05) is 38.9 Å². The van der Waals surface area contributed by atoms with Crippen LogP contribution in [0.15, 0.2) is 0 Å². The maximum atomic E-state index is 4.71. The second-order valence-electron chi connectivity index (χ2n) is 1.34. The van der Waals surface area contributed by atoms with Gasteiger partial charge >= 0.3 is 0 Å². The van der Waals surface area contributed by atoms with Gasteiger partial charge in [0.1, 0.15) is 4.32 Å². The van der Waals surface area contributed by atoms with E-state index in [4.69, 9.17) is 5.73 Å². The van der Waals surface area contributed by atoms with Crippen LogP contribution in [0.1, 0.15) is 26.7 Å². The minimum absolute atomic E-state index is 0. The van der Waals surface area contributed by atoms with Crippen molar-refractivity contribution in [2.45, 2.75) is 26.7 Å². The molecule has 0 heterocycles. The van der Waals surface area contributed by atoms with E-state index >= 15 is 0 Å². The number of unbranched alkanes of at least 4 members (excludes halogenated alkanes) is 1. The smallest absolute Gasteiger partial charge is 0.128 e. The molecule has 9 heavy (non-hydrogen) atoms. The Kier molecular flexibility index (Phi) is 28.1. The van der Waals surface area contributed by atoms with Crippen molar-refractivity contribution < 1.29 is 0 Å². The molecule has 0 aliphatic carbocycles. The summed E-state index contributed by atoms with van der Waals surface area (Å²) < 4.78 is 0.194. The Hall–Kier alpha value is 0.200. The predicted octanol–water partition coefficient (Wildman–Crippen LogP) is 2.13. The van der Waals surface area contributed by atoms with E-state index in [9.17, 15) is 0 Å². The monoisotopic (exact) mass is 168 g/mol. The van der Waals surface area contributed by atoms with Crippen molar-refractivity contribution in [2.75, 3.05) is 0 Å². The standard InChI is InChI=1S/C4H10.CH3NS2.H3N/c1-3-4-2;2-1(3)4;/h3-4H2,1-2H3;(H3,2,3,4);1H3. The van der Waals surface area contributed by atoms with Crippen LogP contribution in [0.4, 0.5) is 0 Å². The van der Waals surface area contributed by atoms with Crippen molar-refractivity contribution in [1.29, 1.82) is 0 Å². The Balaban J connectivity index is -0.0000000720. The third kappa shape index (κ3) is 219. The third-order valence-corrected chi connectivity index (χ3v) is 0.500. The molecule has 58 valence electrons. The first-order valence-corrected chi connectivity index (χ1v) is 3.49. The fraction of sp³-hybridized carbons (Fsp3) is 0.800. The molecule has 0 amide bonds. The van der Waals surface area contributed by atoms with Crippen molar-refractivity contribution in [2.24, 2.45) is 5.73 Å². The van der Waals surface area contributed by atoms with Crippen molar-refractivity contribution in [3.05, 3.63) is 0 Å². The van der Waals surface area contributed by atoms with Gasteiger partial charge < -0.3 is 11.9 Å². The summed E-state index contributed by atoms with van der Waals surface area (Å²) >= 11 is 7.65. The zero-order valence-corrected chi connectivity index (χ0v) is 7.77. The van der Waals surface area contributed by atoms with Gasteiger partial charge in [0.15, 0.2) is 0 Å². The molecule has 4 heteroatoms. The van der Waals surface area contributed by atoms with E-state index < -0.39 is 0 Å². The van der Waals surface area contributed by atoms with Gasteiger partial charge in [0.2, 0.25) is 0 Å². The second kappa shape index (κ2) is 15.7. The minimum atomic E-state index is 0.